The normalized spacial score (nSPS) is 10.5. The van der Waals surface area contributed by atoms with Crippen molar-refractivity contribution in [2.75, 3.05) is 7.11 Å². The van der Waals surface area contributed by atoms with Crippen LogP contribution in [0, 0.1) is 0 Å². The molecule has 2 rings (SSSR count). The zero-order chi connectivity index (χ0) is 10.8. The Hall–Kier alpha value is -1.77. The molecule has 1 heterocycles. The quantitative estimate of drug-likeness (QED) is 0.812. The molecule has 0 atom stereocenters. The maximum Gasteiger partial charge on any atom is 0.192 e. The van der Waals surface area contributed by atoms with Crippen molar-refractivity contribution in [2.24, 2.45) is 0 Å². The second kappa shape index (κ2) is 3.77. The number of aromatic amines is 1. The molecule has 2 aromatic rings. The Labute approximate surface area is 87.7 Å². The van der Waals surface area contributed by atoms with Gasteiger partial charge in [0.05, 0.1) is 7.11 Å². The minimum atomic E-state index is 0.0881. The molecule has 0 aliphatic carbocycles. The number of hydrogen-bond acceptors (Lipinski definition) is 2. The molecule has 0 aliphatic heterocycles. The molecular weight excluding hydrogens is 190 g/mol. The first-order chi connectivity index (χ1) is 7.26. The summed E-state index contributed by atoms with van der Waals surface area (Å²) in [6.45, 7) is 1.97. The van der Waals surface area contributed by atoms with Gasteiger partial charge in [0, 0.05) is 22.7 Å². The summed E-state index contributed by atoms with van der Waals surface area (Å²) >= 11 is 0. The number of nitrogens with one attached hydrogen (secondary N) is 1. The van der Waals surface area contributed by atoms with Gasteiger partial charge in [-0.1, -0.05) is 6.92 Å². The fraction of sp³-hybridized carbons (Fsp3) is 0.250. The number of methoxy groups -OCH3 is 1. The number of aryl methyl sites for hydroxylation is 1. The van der Waals surface area contributed by atoms with E-state index < -0.39 is 0 Å². The van der Waals surface area contributed by atoms with Gasteiger partial charge in [-0.05, 0) is 24.6 Å². The van der Waals surface area contributed by atoms with Crippen molar-refractivity contribution >= 4 is 10.9 Å². The highest BCUT2D eigenvalue weighted by atomic mass is 16.5. The van der Waals surface area contributed by atoms with Gasteiger partial charge in [-0.3, -0.25) is 4.79 Å². The van der Waals surface area contributed by atoms with Crippen LogP contribution in [0.15, 0.2) is 29.2 Å². The molecule has 3 nitrogen and oxygen atoms in total. The van der Waals surface area contributed by atoms with Crippen LogP contribution in [-0.4, -0.2) is 12.1 Å². The van der Waals surface area contributed by atoms with Crippen LogP contribution in [0.4, 0.5) is 0 Å². The van der Waals surface area contributed by atoms with E-state index in [1.54, 1.807) is 19.4 Å². The maximum atomic E-state index is 12.0. The molecule has 1 N–H and O–H groups in total. The van der Waals surface area contributed by atoms with Crippen LogP contribution in [0.25, 0.3) is 10.9 Å². The first-order valence-electron chi connectivity index (χ1n) is 4.94. The Bertz CT molecular complexity index is 538. The number of fused-ring (bicyclic) bond motifs is 1. The van der Waals surface area contributed by atoms with Gasteiger partial charge < -0.3 is 9.72 Å². The molecular formula is C12H13NO2. The Balaban J connectivity index is 2.78. The van der Waals surface area contributed by atoms with Crippen LogP contribution >= 0.6 is 0 Å². The van der Waals surface area contributed by atoms with Gasteiger partial charge >= 0.3 is 0 Å². The minimum absolute atomic E-state index is 0.0881. The molecule has 0 aliphatic rings. The van der Waals surface area contributed by atoms with Gasteiger partial charge in [-0.25, -0.2) is 0 Å². The van der Waals surface area contributed by atoms with E-state index in [0.29, 0.717) is 11.1 Å². The molecule has 0 amide bonds. The second-order valence-corrected chi connectivity index (χ2v) is 3.41. The second-order valence-electron chi connectivity index (χ2n) is 3.41. The Morgan fingerprint density at radius 1 is 1.40 bits per heavy atom. The Kier molecular flexibility index (Phi) is 2.46. The number of hydrogen-bond donors (Lipinski definition) is 1. The molecule has 0 radical (unpaired) electrons. The number of ether oxygens (including phenoxy) is 1. The molecule has 1 aromatic heterocycles. The number of pyridine rings is 1. The van der Waals surface area contributed by atoms with E-state index >= 15 is 0 Å². The monoisotopic (exact) mass is 203 g/mol. The van der Waals surface area contributed by atoms with E-state index in [4.69, 9.17) is 4.74 Å². The van der Waals surface area contributed by atoms with Gasteiger partial charge in [0.15, 0.2) is 5.43 Å². The SMILES string of the molecule is CCc1c[nH]c2ccc(OC)cc2c1=O. The van der Waals surface area contributed by atoms with Crippen molar-refractivity contribution in [1.29, 1.82) is 0 Å². The molecule has 0 fully saturated rings. The topological polar surface area (TPSA) is 42.1 Å². The van der Waals surface area contributed by atoms with Crippen molar-refractivity contribution in [3.8, 4) is 5.75 Å². The predicted octanol–water partition coefficient (Wildman–Crippen LogP) is 2.10. The lowest BCUT2D eigenvalue weighted by atomic mass is 10.1. The van der Waals surface area contributed by atoms with Crippen LogP contribution in [0.5, 0.6) is 5.75 Å². The average molecular weight is 203 g/mol. The average Bonchev–Trinajstić information content (AvgIpc) is 2.29. The van der Waals surface area contributed by atoms with Crippen molar-refractivity contribution in [2.45, 2.75) is 13.3 Å². The Morgan fingerprint density at radius 3 is 2.87 bits per heavy atom. The standard InChI is InChI=1S/C12H13NO2/c1-3-8-7-13-11-5-4-9(15-2)6-10(11)12(8)14/h4-7H,3H2,1-2H3,(H,13,14). The lowest BCUT2D eigenvalue weighted by molar-refractivity contribution is 0.415. The van der Waals surface area contributed by atoms with Gasteiger partial charge in [-0.2, -0.15) is 0 Å². The first kappa shape index (κ1) is 9.77. The highest BCUT2D eigenvalue weighted by Crippen LogP contribution is 2.16. The lowest BCUT2D eigenvalue weighted by Crippen LogP contribution is -2.09. The van der Waals surface area contributed by atoms with E-state index in [2.05, 4.69) is 4.98 Å². The molecule has 1 aromatic carbocycles. The van der Waals surface area contributed by atoms with Crippen LogP contribution < -0.4 is 10.2 Å². The van der Waals surface area contributed by atoms with E-state index in [1.165, 1.54) is 0 Å². The third kappa shape index (κ3) is 1.61. The number of H-pyrrole nitrogens is 1. The highest BCUT2D eigenvalue weighted by Gasteiger charge is 2.04. The van der Waals surface area contributed by atoms with Crippen molar-refractivity contribution in [1.82, 2.24) is 4.98 Å². The van der Waals surface area contributed by atoms with Crippen LogP contribution in [-0.2, 0) is 6.42 Å². The summed E-state index contributed by atoms with van der Waals surface area (Å²) in [4.78, 5) is 15.1. The third-order valence-electron chi connectivity index (χ3n) is 2.55. The fourth-order valence-electron chi connectivity index (χ4n) is 1.63. The van der Waals surface area contributed by atoms with Crippen molar-refractivity contribution in [3.05, 3.63) is 40.2 Å². The van der Waals surface area contributed by atoms with Gasteiger partial charge in [-0.15, -0.1) is 0 Å². The summed E-state index contributed by atoms with van der Waals surface area (Å²) < 4.78 is 5.10. The summed E-state index contributed by atoms with van der Waals surface area (Å²) in [5.41, 5.74) is 1.74. The number of benzene rings is 1. The van der Waals surface area contributed by atoms with E-state index in [-0.39, 0.29) is 5.43 Å². The molecule has 15 heavy (non-hydrogen) atoms. The van der Waals surface area contributed by atoms with Gasteiger partial charge in [0.1, 0.15) is 5.75 Å². The van der Waals surface area contributed by atoms with E-state index in [0.717, 1.165) is 17.5 Å². The lowest BCUT2D eigenvalue weighted by Gasteiger charge is -2.03. The minimum Gasteiger partial charge on any atom is -0.497 e. The van der Waals surface area contributed by atoms with Crippen molar-refractivity contribution in [3.63, 3.8) is 0 Å². The molecule has 0 saturated heterocycles. The summed E-state index contributed by atoms with van der Waals surface area (Å²) in [5.74, 6) is 0.709. The fourth-order valence-corrected chi connectivity index (χ4v) is 1.63. The van der Waals surface area contributed by atoms with Gasteiger partial charge in [0.2, 0.25) is 0 Å². The Morgan fingerprint density at radius 2 is 2.20 bits per heavy atom. The molecule has 3 heteroatoms. The van der Waals surface area contributed by atoms with Crippen LogP contribution in [0.3, 0.4) is 0 Å². The summed E-state index contributed by atoms with van der Waals surface area (Å²) in [6, 6.07) is 5.46. The third-order valence-corrected chi connectivity index (χ3v) is 2.55. The van der Waals surface area contributed by atoms with E-state index in [9.17, 15) is 4.79 Å². The summed E-state index contributed by atoms with van der Waals surface area (Å²) in [5, 5.41) is 0.689. The van der Waals surface area contributed by atoms with Crippen LogP contribution in [0.2, 0.25) is 0 Å². The summed E-state index contributed by atoms with van der Waals surface area (Å²) in [6.07, 6.45) is 2.51. The van der Waals surface area contributed by atoms with Gasteiger partial charge in [0.25, 0.3) is 0 Å². The zero-order valence-electron chi connectivity index (χ0n) is 8.83. The number of aromatic nitrogens is 1. The zero-order valence-corrected chi connectivity index (χ0v) is 8.83. The largest absolute Gasteiger partial charge is 0.497 e. The van der Waals surface area contributed by atoms with E-state index in [1.807, 2.05) is 19.1 Å². The first-order valence-corrected chi connectivity index (χ1v) is 4.94. The predicted molar refractivity (Wildman–Crippen MR) is 60.5 cm³/mol. The maximum absolute atomic E-state index is 12.0. The molecule has 0 unspecified atom stereocenters. The number of rotatable bonds is 2. The van der Waals surface area contributed by atoms with Crippen molar-refractivity contribution < 1.29 is 4.74 Å². The smallest absolute Gasteiger partial charge is 0.192 e. The molecule has 0 bridgehead atoms. The molecule has 0 spiro atoms. The summed E-state index contributed by atoms with van der Waals surface area (Å²) in [7, 11) is 1.60. The van der Waals surface area contributed by atoms with Crippen LogP contribution in [0.1, 0.15) is 12.5 Å². The molecule has 78 valence electrons. The highest BCUT2D eigenvalue weighted by molar-refractivity contribution is 5.80. The molecule has 0 saturated carbocycles.